The third kappa shape index (κ3) is 3.11. The van der Waals surface area contributed by atoms with Crippen LogP contribution in [0.2, 0.25) is 0 Å². The molecule has 2 N–H and O–H groups in total. The molecule has 0 spiro atoms. The number of carbonyl (C=O) groups is 1. The molecule has 1 atom stereocenters. The van der Waals surface area contributed by atoms with Crippen molar-refractivity contribution < 1.29 is 4.79 Å². The fourth-order valence-electron chi connectivity index (χ4n) is 2.72. The van der Waals surface area contributed by atoms with Crippen LogP contribution in [0.5, 0.6) is 0 Å². The van der Waals surface area contributed by atoms with E-state index in [1.165, 1.54) is 19.3 Å². The minimum absolute atomic E-state index is 0. The van der Waals surface area contributed by atoms with Gasteiger partial charge in [-0.1, -0.05) is 19.8 Å². The van der Waals surface area contributed by atoms with Crippen LogP contribution in [0.4, 0.5) is 0 Å². The molecule has 16 heavy (non-hydrogen) atoms. The van der Waals surface area contributed by atoms with Crippen molar-refractivity contribution >= 4 is 18.3 Å². The zero-order valence-electron chi connectivity index (χ0n) is 10.1. The van der Waals surface area contributed by atoms with Crippen molar-refractivity contribution in [3.8, 4) is 0 Å². The Kier molecular flexibility index (Phi) is 5.06. The number of hydrogen-bond donors (Lipinski definition) is 2. The largest absolute Gasteiger partial charge is 0.355 e. The first kappa shape index (κ1) is 13.8. The van der Waals surface area contributed by atoms with Crippen LogP contribution in [0.15, 0.2) is 0 Å². The first-order valence-electron chi connectivity index (χ1n) is 6.20. The Morgan fingerprint density at radius 1 is 1.44 bits per heavy atom. The predicted octanol–water partition coefficient (Wildman–Crippen LogP) is 1.71. The smallest absolute Gasteiger partial charge is 0.225 e. The average Bonchev–Trinajstić information content (AvgIpc) is 2.85. The van der Waals surface area contributed by atoms with Gasteiger partial charge in [0, 0.05) is 12.0 Å². The molecule has 1 saturated carbocycles. The SMILES string of the molecule is CC1(C(=O)NCC2CCNC2)CCCC1.Cl. The van der Waals surface area contributed by atoms with Crippen LogP contribution in [0, 0.1) is 11.3 Å². The van der Waals surface area contributed by atoms with E-state index in [-0.39, 0.29) is 23.7 Å². The van der Waals surface area contributed by atoms with Gasteiger partial charge in [-0.25, -0.2) is 0 Å². The second kappa shape index (κ2) is 5.87. The molecule has 0 aromatic carbocycles. The van der Waals surface area contributed by atoms with E-state index >= 15 is 0 Å². The van der Waals surface area contributed by atoms with Gasteiger partial charge >= 0.3 is 0 Å². The summed E-state index contributed by atoms with van der Waals surface area (Å²) >= 11 is 0. The standard InChI is InChI=1S/C12H22N2O.ClH/c1-12(5-2-3-6-12)11(15)14-9-10-4-7-13-8-10;/h10,13H,2-9H2,1H3,(H,14,15);1H. The van der Waals surface area contributed by atoms with E-state index in [1.54, 1.807) is 0 Å². The quantitative estimate of drug-likeness (QED) is 0.796. The zero-order chi connectivity index (χ0) is 10.7. The van der Waals surface area contributed by atoms with Crippen LogP contribution in [-0.2, 0) is 4.79 Å². The molecule has 94 valence electrons. The highest BCUT2D eigenvalue weighted by Gasteiger charge is 2.36. The Balaban J connectivity index is 0.00000128. The lowest BCUT2D eigenvalue weighted by Gasteiger charge is -2.23. The lowest BCUT2D eigenvalue weighted by atomic mass is 9.87. The van der Waals surface area contributed by atoms with Gasteiger partial charge in [0.1, 0.15) is 0 Å². The molecule has 0 aromatic heterocycles. The van der Waals surface area contributed by atoms with Crippen LogP contribution >= 0.6 is 12.4 Å². The van der Waals surface area contributed by atoms with Gasteiger partial charge in [-0.2, -0.15) is 0 Å². The Hall–Kier alpha value is -0.280. The van der Waals surface area contributed by atoms with Crippen molar-refractivity contribution in [1.29, 1.82) is 0 Å². The fraction of sp³-hybridized carbons (Fsp3) is 0.917. The first-order valence-corrected chi connectivity index (χ1v) is 6.20. The second-order valence-electron chi connectivity index (χ2n) is 5.34. The molecule has 2 fully saturated rings. The Labute approximate surface area is 104 Å². The normalized spacial score (nSPS) is 27.4. The molecule has 2 rings (SSSR count). The van der Waals surface area contributed by atoms with Gasteiger partial charge in [0.2, 0.25) is 5.91 Å². The maximum Gasteiger partial charge on any atom is 0.225 e. The summed E-state index contributed by atoms with van der Waals surface area (Å²) in [5.41, 5.74) is -0.0635. The monoisotopic (exact) mass is 246 g/mol. The molecule has 0 radical (unpaired) electrons. The van der Waals surface area contributed by atoms with Crippen molar-refractivity contribution in [2.24, 2.45) is 11.3 Å². The minimum Gasteiger partial charge on any atom is -0.355 e. The van der Waals surface area contributed by atoms with E-state index in [0.717, 1.165) is 32.5 Å². The maximum absolute atomic E-state index is 12.0. The summed E-state index contributed by atoms with van der Waals surface area (Å²) in [6.07, 6.45) is 5.78. The molecule has 1 heterocycles. The summed E-state index contributed by atoms with van der Waals surface area (Å²) in [6.45, 7) is 5.15. The Morgan fingerprint density at radius 2 is 2.12 bits per heavy atom. The van der Waals surface area contributed by atoms with Gasteiger partial charge in [0.05, 0.1) is 0 Å². The predicted molar refractivity (Wildman–Crippen MR) is 67.8 cm³/mol. The summed E-state index contributed by atoms with van der Waals surface area (Å²) in [5.74, 6) is 0.936. The number of halogens is 1. The first-order chi connectivity index (χ1) is 7.21. The van der Waals surface area contributed by atoms with Crippen LogP contribution in [0.3, 0.4) is 0 Å². The van der Waals surface area contributed by atoms with Crippen LogP contribution < -0.4 is 10.6 Å². The van der Waals surface area contributed by atoms with Crippen molar-refractivity contribution in [3.05, 3.63) is 0 Å². The van der Waals surface area contributed by atoms with Crippen molar-refractivity contribution in [1.82, 2.24) is 10.6 Å². The molecule has 1 amide bonds. The third-order valence-corrected chi connectivity index (χ3v) is 3.97. The van der Waals surface area contributed by atoms with Crippen molar-refractivity contribution in [2.75, 3.05) is 19.6 Å². The number of amides is 1. The van der Waals surface area contributed by atoms with E-state index in [1.807, 2.05) is 0 Å². The molecule has 2 aliphatic rings. The highest BCUT2D eigenvalue weighted by atomic mass is 35.5. The summed E-state index contributed by atoms with van der Waals surface area (Å²) in [7, 11) is 0. The maximum atomic E-state index is 12.0. The van der Waals surface area contributed by atoms with Gasteiger partial charge in [-0.3, -0.25) is 4.79 Å². The summed E-state index contributed by atoms with van der Waals surface area (Å²) in [4.78, 5) is 12.0. The minimum atomic E-state index is -0.0635. The van der Waals surface area contributed by atoms with Crippen LogP contribution in [-0.4, -0.2) is 25.5 Å². The molecule has 1 saturated heterocycles. The molecule has 3 nitrogen and oxygen atoms in total. The molecule has 1 aliphatic carbocycles. The molecule has 4 heteroatoms. The van der Waals surface area contributed by atoms with Crippen LogP contribution in [0.1, 0.15) is 39.0 Å². The molecule has 0 aromatic rings. The lowest BCUT2D eigenvalue weighted by Crippen LogP contribution is -2.39. The van der Waals surface area contributed by atoms with Crippen LogP contribution in [0.25, 0.3) is 0 Å². The molecular formula is C12H23ClN2O. The van der Waals surface area contributed by atoms with Gasteiger partial charge in [0.15, 0.2) is 0 Å². The summed E-state index contributed by atoms with van der Waals surface area (Å²) < 4.78 is 0. The molecular weight excluding hydrogens is 224 g/mol. The zero-order valence-corrected chi connectivity index (χ0v) is 10.9. The second-order valence-corrected chi connectivity index (χ2v) is 5.34. The van der Waals surface area contributed by atoms with E-state index in [4.69, 9.17) is 0 Å². The fourth-order valence-corrected chi connectivity index (χ4v) is 2.72. The lowest BCUT2D eigenvalue weighted by molar-refractivity contribution is -0.130. The average molecular weight is 247 g/mol. The van der Waals surface area contributed by atoms with Gasteiger partial charge in [0.25, 0.3) is 0 Å². The third-order valence-electron chi connectivity index (χ3n) is 3.97. The highest BCUT2D eigenvalue weighted by molar-refractivity contribution is 5.85. The van der Waals surface area contributed by atoms with E-state index in [0.29, 0.717) is 5.92 Å². The summed E-state index contributed by atoms with van der Waals surface area (Å²) in [5, 5.41) is 6.45. The Morgan fingerprint density at radius 3 is 2.69 bits per heavy atom. The van der Waals surface area contributed by atoms with Gasteiger partial charge < -0.3 is 10.6 Å². The molecule has 1 unspecified atom stereocenters. The topological polar surface area (TPSA) is 41.1 Å². The van der Waals surface area contributed by atoms with E-state index in [2.05, 4.69) is 17.6 Å². The number of nitrogens with one attached hydrogen (secondary N) is 2. The number of carbonyl (C=O) groups excluding carboxylic acids is 1. The summed E-state index contributed by atoms with van der Waals surface area (Å²) in [6, 6.07) is 0. The number of hydrogen-bond acceptors (Lipinski definition) is 2. The number of rotatable bonds is 3. The van der Waals surface area contributed by atoms with Crippen molar-refractivity contribution in [2.45, 2.75) is 39.0 Å². The van der Waals surface area contributed by atoms with Gasteiger partial charge in [-0.05, 0) is 38.3 Å². The molecule has 0 bridgehead atoms. The Bertz CT molecular complexity index is 233. The van der Waals surface area contributed by atoms with Crippen molar-refractivity contribution in [3.63, 3.8) is 0 Å². The highest BCUT2D eigenvalue weighted by Crippen LogP contribution is 2.37. The molecule has 1 aliphatic heterocycles. The van der Waals surface area contributed by atoms with E-state index in [9.17, 15) is 4.79 Å². The van der Waals surface area contributed by atoms with E-state index < -0.39 is 0 Å². The van der Waals surface area contributed by atoms with Gasteiger partial charge in [-0.15, -0.1) is 12.4 Å².